The first kappa shape index (κ1) is 16.6. The third-order valence-corrected chi connectivity index (χ3v) is 3.79. The molecular weight excluding hydrogens is 417 g/mol. The van der Waals surface area contributed by atoms with Crippen molar-refractivity contribution in [3.05, 3.63) is 62.8 Å². The van der Waals surface area contributed by atoms with Gasteiger partial charge in [-0.25, -0.2) is 9.82 Å². The van der Waals surface area contributed by atoms with Gasteiger partial charge in [-0.3, -0.25) is 4.79 Å². The average molecular weight is 429 g/mol. The summed E-state index contributed by atoms with van der Waals surface area (Å²) in [5.41, 5.74) is 3.90. The summed E-state index contributed by atoms with van der Waals surface area (Å²) in [5.74, 6) is -0.598. The first-order valence-corrected chi connectivity index (χ1v) is 7.89. The Morgan fingerprint density at radius 3 is 2.59 bits per heavy atom. The molecule has 2 aromatic rings. The number of carbonyl (C=O) groups excluding carboxylic acids is 1. The molecule has 0 saturated heterocycles. The van der Waals surface area contributed by atoms with E-state index in [0.29, 0.717) is 5.56 Å². The van der Waals surface area contributed by atoms with Gasteiger partial charge in [-0.2, -0.15) is 5.10 Å². The Labute approximate surface area is 144 Å². The summed E-state index contributed by atoms with van der Waals surface area (Å²) in [5, 5.41) is 6.81. The quantitative estimate of drug-likeness (QED) is 0.560. The number of hydrogen-bond acceptors (Lipinski definition) is 3. The standard InChI is InChI=1S/C15H12Br2FN3O/c16-11-3-6-14(13(17)7-11)19-9-15(22)21-20-8-10-1-4-12(18)5-2-10/h1-8,19H,9H2,(H,21,22)/b20-8-. The first-order chi connectivity index (χ1) is 10.5. The predicted octanol–water partition coefficient (Wildman–Crippen LogP) is 3.91. The van der Waals surface area contributed by atoms with E-state index in [2.05, 4.69) is 47.7 Å². The molecule has 0 bridgehead atoms. The van der Waals surface area contributed by atoms with Crippen molar-refractivity contribution in [3.8, 4) is 0 Å². The maximum atomic E-state index is 12.7. The van der Waals surface area contributed by atoms with E-state index in [-0.39, 0.29) is 18.3 Å². The van der Waals surface area contributed by atoms with Crippen LogP contribution in [0, 0.1) is 5.82 Å². The minimum Gasteiger partial charge on any atom is -0.375 e. The Kier molecular flexibility index (Phi) is 6.09. The van der Waals surface area contributed by atoms with E-state index >= 15 is 0 Å². The average Bonchev–Trinajstić information content (AvgIpc) is 2.48. The number of amides is 1. The van der Waals surface area contributed by atoms with Gasteiger partial charge < -0.3 is 5.32 Å². The molecule has 0 fully saturated rings. The Bertz CT molecular complexity index is 690. The Morgan fingerprint density at radius 1 is 1.18 bits per heavy atom. The molecule has 0 aliphatic carbocycles. The lowest BCUT2D eigenvalue weighted by atomic mass is 10.2. The molecule has 1 amide bonds. The highest BCUT2D eigenvalue weighted by Gasteiger charge is 2.03. The van der Waals surface area contributed by atoms with Gasteiger partial charge in [-0.1, -0.05) is 28.1 Å². The normalized spacial score (nSPS) is 10.7. The van der Waals surface area contributed by atoms with Crippen LogP contribution in [0.2, 0.25) is 0 Å². The molecule has 0 saturated carbocycles. The van der Waals surface area contributed by atoms with E-state index in [4.69, 9.17) is 0 Å². The van der Waals surface area contributed by atoms with Crippen molar-refractivity contribution in [1.82, 2.24) is 5.43 Å². The highest BCUT2D eigenvalue weighted by Crippen LogP contribution is 2.25. The molecule has 0 radical (unpaired) electrons. The van der Waals surface area contributed by atoms with Gasteiger partial charge in [0.05, 0.1) is 12.8 Å². The van der Waals surface area contributed by atoms with Crippen LogP contribution in [0.25, 0.3) is 0 Å². The third-order valence-electron chi connectivity index (χ3n) is 2.64. The Morgan fingerprint density at radius 2 is 1.91 bits per heavy atom. The van der Waals surface area contributed by atoms with Gasteiger partial charge in [0.2, 0.25) is 0 Å². The number of hydrogen-bond donors (Lipinski definition) is 2. The zero-order valence-corrected chi connectivity index (χ0v) is 14.5. The Balaban J connectivity index is 1.81. The first-order valence-electron chi connectivity index (χ1n) is 6.31. The zero-order valence-electron chi connectivity index (χ0n) is 11.3. The molecule has 7 heteroatoms. The van der Waals surface area contributed by atoms with Crippen LogP contribution in [-0.2, 0) is 4.79 Å². The fourth-order valence-electron chi connectivity index (χ4n) is 1.58. The van der Waals surface area contributed by atoms with Crippen LogP contribution in [0.5, 0.6) is 0 Å². The number of halogens is 3. The minimum absolute atomic E-state index is 0.0843. The highest BCUT2D eigenvalue weighted by atomic mass is 79.9. The molecule has 2 aromatic carbocycles. The van der Waals surface area contributed by atoms with Crippen molar-refractivity contribution in [2.24, 2.45) is 5.10 Å². The second-order valence-corrected chi connectivity index (χ2v) is 6.09. The van der Waals surface area contributed by atoms with Crippen LogP contribution in [-0.4, -0.2) is 18.7 Å². The van der Waals surface area contributed by atoms with Gasteiger partial charge in [0.25, 0.3) is 5.91 Å². The van der Waals surface area contributed by atoms with Crippen molar-refractivity contribution < 1.29 is 9.18 Å². The van der Waals surface area contributed by atoms with Crippen molar-refractivity contribution in [3.63, 3.8) is 0 Å². The number of benzene rings is 2. The van der Waals surface area contributed by atoms with Crippen LogP contribution < -0.4 is 10.7 Å². The van der Waals surface area contributed by atoms with Crippen molar-refractivity contribution in [1.29, 1.82) is 0 Å². The van der Waals surface area contributed by atoms with E-state index in [9.17, 15) is 9.18 Å². The molecule has 0 aliphatic rings. The summed E-state index contributed by atoms with van der Waals surface area (Å²) in [6, 6.07) is 11.4. The molecule has 0 aliphatic heterocycles. The predicted molar refractivity (Wildman–Crippen MR) is 92.5 cm³/mol. The summed E-state index contributed by atoms with van der Waals surface area (Å²) < 4.78 is 14.5. The summed E-state index contributed by atoms with van der Waals surface area (Å²) in [7, 11) is 0. The van der Waals surface area contributed by atoms with Crippen LogP contribution >= 0.6 is 31.9 Å². The second-order valence-electron chi connectivity index (χ2n) is 4.32. The molecular formula is C15H12Br2FN3O. The van der Waals surface area contributed by atoms with Crippen LogP contribution in [0.3, 0.4) is 0 Å². The topological polar surface area (TPSA) is 53.5 Å². The van der Waals surface area contributed by atoms with E-state index < -0.39 is 0 Å². The molecule has 22 heavy (non-hydrogen) atoms. The summed E-state index contributed by atoms with van der Waals surface area (Å²) in [6.07, 6.45) is 1.45. The summed E-state index contributed by atoms with van der Waals surface area (Å²) in [6.45, 7) is 0.0843. The van der Waals surface area contributed by atoms with Gasteiger partial charge in [-0.05, 0) is 51.8 Å². The number of carbonyl (C=O) groups is 1. The van der Waals surface area contributed by atoms with Crippen LogP contribution in [0.4, 0.5) is 10.1 Å². The monoisotopic (exact) mass is 427 g/mol. The zero-order chi connectivity index (χ0) is 15.9. The number of anilines is 1. The lowest BCUT2D eigenvalue weighted by Gasteiger charge is -2.07. The maximum Gasteiger partial charge on any atom is 0.259 e. The molecule has 0 aromatic heterocycles. The van der Waals surface area contributed by atoms with E-state index in [0.717, 1.165) is 14.6 Å². The fraction of sp³-hybridized carbons (Fsp3) is 0.0667. The van der Waals surface area contributed by atoms with E-state index in [1.54, 1.807) is 12.1 Å². The highest BCUT2D eigenvalue weighted by molar-refractivity contribution is 9.11. The maximum absolute atomic E-state index is 12.7. The summed E-state index contributed by atoms with van der Waals surface area (Å²) in [4.78, 5) is 11.7. The lowest BCUT2D eigenvalue weighted by molar-refractivity contribution is -0.119. The van der Waals surface area contributed by atoms with Gasteiger partial charge in [-0.15, -0.1) is 0 Å². The Hall–Kier alpha value is -1.73. The smallest absolute Gasteiger partial charge is 0.259 e. The molecule has 4 nitrogen and oxygen atoms in total. The van der Waals surface area contributed by atoms with Gasteiger partial charge >= 0.3 is 0 Å². The molecule has 0 heterocycles. The minimum atomic E-state index is -0.314. The van der Waals surface area contributed by atoms with Crippen LogP contribution in [0.1, 0.15) is 5.56 Å². The molecule has 114 valence electrons. The third kappa shape index (κ3) is 5.23. The number of rotatable bonds is 5. The van der Waals surface area contributed by atoms with Crippen molar-refractivity contribution in [2.45, 2.75) is 0 Å². The van der Waals surface area contributed by atoms with E-state index in [1.165, 1.54) is 18.3 Å². The molecule has 0 unspecified atom stereocenters. The largest absolute Gasteiger partial charge is 0.375 e. The van der Waals surface area contributed by atoms with Gasteiger partial charge in [0.1, 0.15) is 5.82 Å². The molecule has 2 rings (SSSR count). The summed E-state index contributed by atoms with van der Waals surface area (Å²) >= 11 is 6.76. The lowest BCUT2D eigenvalue weighted by Crippen LogP contribution is -2.26. The van der Waals surface area contributed by atoms with Gasteiger partial charge in [0.15, 0.2) is 0 Å². The molecule has 0 atom stereocenters. The second kappa shape index (κ2) is 8.05. The number of nitrogens with one attached hydrogen (secondary N) is 2. The SMILES string of the molecule is O=C(CNc1ccc(Br)cc1Br)N/N=C\c1ccc(F)cc1. The number of nitrogens with zero attached hydrogens (tertiary/aromatic N) is 1. The van der Waals surface area contributed by atoms with Crippen LogP contribution in [0.15, 0.2) is 56.5 Å². The van der Waals surface area contributed by atoms with Crippen molar-refractivity contribution >= 4 is 49.7 Å². The van der Waals surface area contributed by atoms with E-state index in [1.807, 2.05) is 18.2 Å². The number of hydrazone groups is 1. The molecule has 0 spiro atoms. The van der Waals surface area contributed by atoms with Crippen molar-refractivity contribution in [2.75, 3.05) is 11.9 Å². The van der Waals surface area contributed by atoms with Gasteiger partial charge in [0, 0.05) is 14.6 Å². The fourth-order valence-corrected chi connectivity index (χ4v) is 2.76. The molecule has 2 N–H and O–H groups in total.